The third-order valence-corrected chi connectivity index (χ3v) is 4.66. The zero-order valence-corrected chi connectivity index (χ0v) is 14.5. The van der Waals surface area contributed by atoms with Gasteiger partial charge in [0.1, 0.15) is 6.17 Å². The van der Waals surface area contributed by atoms with Crippen LogP contribution < -0.4 is 10.2 Å². The van der Waals surface area contributed by atoms with E-state index in [2.05, 4.69) is 84.4 Å². The highest BCUT2D eigenvalue weighted by atomic mass is 15.4. The van der Waals surface area contributed by atoms with Crippen LogP contribution in [0, 0.1) is 13.8 Å². The van der Waals surface area contributed by atoms with Crippen molar-refractivity contribution in [3.63, 3.8) is 0 Å². The number of hydrogen-bond acceptors (Lipinski definition) is 3. The number of para-hydroxylation sites is 1. The molecule has 1 aliphatic rings. The maximum absolute atomic E-state index is 4.74. The number of benzene rings is 2. The summed E-state index contributed by atoms with van der Waals surface area (Å²) >= 11 is 0. The van der Waals surface area contributed by atoms with Crippen LogP contribution in [0.1, 0.15) is 23.0 Å². The Kier molecular flexibility index (Phi) is 3.34. The fourth-order valence-electron chi connectivity index (χ4n) is 3.36. The smallest absolute Gasteiger partial charge is 0.147 e. The summed E-state index contributed by atoms with van der Waals surface area (Å²) in [5, 5.41) is 8.43. The average molecular weight is 318 g/mol. The molecule has 24 heavy (non-hydrogen) atoms. The van der Waals surface area contributed by atoms with Crippen LogP contribution in [0.4, 0.5) is 11.4 Å². The Labute approximate surface area is 142 Å². The molecule has 1 aliphatic heterocycles. The fraction of sp³-hybridized carbons (Fsp3) is 0.250. The SMILES string of the molecule is Cc1cc2n(n1)[C@@H](c1ccc(N(C)C)cc1)Nc1c(C)cccc1-2. The fourth-order valence-corrected chi connectivity index (χ4v) is 3.36. The minimum atomic E-state index is 0.0125. The van der Waals surface area contributed by atoms with Gasteiger partial charge in [0.15, 0.2) is 0 Å². The van der Waals surface area contributed by atoms with Gasteiger partial charge in [-0.2, -0.15) is 5.10 Å². The van der Waals surface area contributed by atoms with Gasteiger partial charge in [0.05, 0.1) is 11.4 Å². The maximum atomic E-state index is 4.74. The summed E-state index contributed by atoms with van der Waals surface area (Å²) in [7, 11) is 4.12. The molecular formula is C20H22N4. The van der Waals surface area contributed by atoms with E-state index >= 15 is 0 Å². The van der Waals surface area contributed by atoms with Gasteiger partial charge in [-0.1, -0.05) is 30.3 Å². The molecule has 4 heteroatoms. The molecule has 4 rings (SSSR count). The zero-order valence-electron chi connectivity index (χ0n) is 14.5. The molecule has 0 spiro atoms. The van der Waals surface area contributed by atoms with Gasteiger partial charge in [0.25, 0.3) is 0 Å². The van der Waals surface area contributed by atoms with E-state index in [1.54, 1.807) is 0 Å². The second kappa shape index (κ2) is 5.41. The van der Waals surface area contributed by atoms with Crippen LogP contribution >= 0.6 is 0 Å². The second-order valence-corrected chi connectivity index (χ2v) is 6.65. The highest BCUT2D eigenvalue weighted by Gasteiger charge is 2.27. The van der Waals surface area contributed by atoms with Crippen molar-refractivity contribution < 1.29 is 0 Å². The summed E-state index contributed by atoms with van der Waals surface area (Å²) in [6, 6.07) is 17.2. The van der Waals surface area contributed by atoms with Crippen LogP contribution in [0.2, 0.25) is 0 Å². The number of fused-ring (bicyclic) bond motifs is 3. The van der Waals surface area contributed by atoms with E-state index in [1.165, 1.54) is 33.8 Å². The van der Waals surface area contributed by atoms with Gasteiger partial charge in [-0.3, -0.25) is 0 Å². The molecule has 0 unspecified atom stereocenters. The molecule has 2 aromatic carbocycles. The van der Waals surface area contributed by atoms with Crippen molar-refractivity contribution in [2.45, 2.75) is 20.0 Å². The Balaban J connectivity index is 1.84. The van der Waals surface area contributed by atoms with Crippen LogP contribution in [0.3, 0.4) is 0 Å². The Hall–Kier alpha value is -2.75. The molecule has 0 radical (unpaired) electrons. The number of anilines is 2. The summed E-state index contributed by atoms with van der Waals surface area (Å²) in [5.74, 6) is 0. The van der Waals surface area contributed by atoms with Gasteiger partial charge in [0.2, 0.25) is 0 Å². The molecule has 0 amide bonds. The van der Waals surface area contributed by atoms with Crippen molar-refractivity contribution in [2.24, 2.45) is 0 Å². The van der Waals surface area contributed by atoms with Gasteiger partial charge in [-0.05, 0) is 43.2 Å². The minimum absolute atomic E-state index is 0.0125. The first-order valence-electron chi connectivity index (χ1n) is 8.24. The van der Waals surface area contributed by atoms with Gasteiger partial charge >= 0.3 is 0 Å². The van der Waals surface area contributed by atoms with Crippen LogP contribution in [-0.2, 0) is 0 Å². The summed E-state index contributed by atoms with van der Waals surface area (Å²) in [5.41, 5.74) is 8.29. The van der Waals surface area contributed by atoms with Crippen LogP contribution in [0.25, 0.3) is 11.3 Å². The van der Waals surface area contributed by atoms with Gasteiger partial charge < -0.3 is 10.2 Å². The predicted octanol–water partition coefficient (Wildman–Crippen LogP) is 4.21. The third kappa shape index (κ3) is 2.26. The number of rotatable bonds is 2. The maximum Gasteiger partial charge on any atom is 0.147 e. The molecule has 0 aliphatic carbocycles. The lowest BCUT2D eigenvalue weighted by molar-refractivity contribution is 0.570. The Morgan fingerprint density at radius 1 is 1.04 bits per heavy atom. The topological polar surface area (TPSA) is 33.1 Å². The van der Waals surface area contributed by atoms with Crippen molar-refractivity contribution in [1.29, 1.82) is 0 Å². The molecule has 0 bridgehead atoms. The monoisotopic (exact) mass is 318 g/mol. The van der Waals surface area contributed by atoms with Crippen LogP contribution in [-0.4, -0.2) is 23.9 Å². The van der Waals surface area contributed by atoms with Crippen LogP contribution in [0.5, 0.6) is 0 Å². The van der Waals surface area contributed by atoms with E-state index in [0.717, 1.165) is 5.69 Å². The highest BCUT2D eigenvalue weighted by molar-refractivity contribution is 5.81. The summed E-state index contributed by atoms with van der Waals surface area (Å²) in [4.78, 5) is 2.11. The molecule has 3 aromatic rings. The first-order chi connectivity index (χ1) is 11.5. The summed E-state index contributed by atoms with van der Waals surface area (Å²) < 4.78 is 2.10. The predicted molar refractivity (Wildman–Crippen MR) is 99.7 cm³/mol. The Morgan fingerprint density at radius 2 is 1.79 bits per heavy atom. The molecule has 2 heterocycles. The standard InChI is InChI=1S/C20H22N4/c1-13-6-5-7-17-18-12-14(2)22-24(18)20(21-19(13)17)15-8-10-16(11-9-15)23(3)4/h5-12,20-21H,1-4H3/t20-/m0/s1. The van der Waals surface area contributed by atoms with E-state index in [1.807, 2.05) is 6.92 Å². The molecule has 1 aromatic heterocycles. The van der Waals surface area contributed by atoms with Crippen molar-refractivity contribution >= 4 is 11.4 Å². The van der Waals surface area contributed by atoms with Crippen molar-refractivity contribution in [1.82, 2.24) is 9.78 Å². The molecule has 0 saturated carbocycles. The minimum Gasteiger partial charge on any atom is -0.378 e. The first-order valence-corrected chi connectivity index (χ1v) is 8.24. The van der Waals surface area contributed by atoms with Crippen LogP contribution in [0.15, 0.2) is 48.5 Å². The molecule has 0 fully saturated rings. The van der Waals surface area contributed by atoms with Gasteiger partial charge in [-0.25, -0.2) is 4.68 Å². The summed E-state index contributed by atoms with van der Waals surface area (Å²) in [6.07, 6.45) is 0.0125. The Morgan fingerprint density at radius 3 is 2.50 bits per heavy atom. The number of aromatic nitrogens is 2. The normalized spacial score (nSPS) is 15.4. The molecule has 1 N–H and O–H groups in total. The molecule has 4 nitrogen and oxygen atoms in total. The van der Waals surface area contributed by atoms with E-state index in [-0.39, 0.29) is 6.17 Å². The van der Waals surface area contributed by atoms with E-state index in [0.29, 0.717) is 0 Å². The first kappa shape index (κ1) is 14.8. The average Bonchev–Trinajstić information content (AvgIpc) is 2.96. The van der Waals surface area contributed by atoms with E-state index < -0.39 is 0 Å². The van der Waals surface area contributed by atoms with Crippen molar-refractivity contribution in [3.05, 3.63) is 65.4 Å². The van der Waals surface area contributed by atoms with Crippen molar-refractivity contribution in [3.8, 4) is 11.3 Å². The lowest BCUT2D eigenvalue weighted by Crippen LogP contribution is -2.26. The Bertz CT molecular complexity index is 891. The highest BCUT2D eigenvalue weighted by Crippen LogP contribution is 2.40. The van der Waals surface area contributed by atoms with E-state index in [9.17, 15) is 0 Å². The molecule has 0 saturated heterocycles. The lowest BCUT2D eigenvalue weighted by atomic mass is 10.0. The lowest BCUT2D eigenvalue weighted by Gasteiger charge is -2.30. The molecule has 122 valence electrons. The van der Waals surface area contributed by atoms with Gasteiger partial charge in [-0.15, -0.1) is 0 Å². The largest absolute Gasteiger partial charge is 0.378 e. The number of nitrogens with zero attached hydrogens (tertiary/aromatic N) is 3. The third-order valence-electron chi connectivity index (χ3n) is 4.66. The number of hydrogen-bond donors (Lipinski definition) is 1. The quantitative estimate of drug-likeness (QED) is 0.768. The van der Waals surface area contributed by atoms with E-state index in [4.69, 9.17) is 5.10 Å². The number of aryl methyl sites for hydroxylation is 2. The van der Waals surface area contributed by atoms with Crippen molar-refractivity contribution in [2.75, 3.05) is 24.3 Å². The second-order valence-electron chi connectivity index (χ2n) is 6.65. The molecular weight excluding hydrogens is 296 g/mol. The van der Waals surface area contributed by atoms with Gasteiger partial charge in [0, 0.05) is 31.0 Å². The molecule has 1 atom stereocenters. The summed E-state index contributed by atoms with van der Waals surface area (Å²) in [6.45, 7) is 4.20. The number of nitrogens with one attached hydrogen (secondary N) is 1. The zero-order chi connectivity index (χ0) is 16.8.